The van der Waals surface area contributed by atoms with Gasteiger partial charge in [0.15, 0.2) is 5.96 Å². The van der Waals surface area contributed by atoms with Gasteiger partial charge in [-0.1, -0.05) is 12.8 Å². The molecule has 0 amide bonds. The Morgan fingerprint density at radius 3 is 2.64 bits per heavy atom. The lowest BCUT2D eigenvalue weighted by atomic mass is 9.60. The highest BCUT2D eigenvalue weighted by Crippen LogP contribution is 2.54. The highest BCUT2D eigenvalue weighted by molar-refractivity contribution is 5.80. The summed E-state index contributed by atoms with van der Waals surface area (Å²) in [6.45, 7) is 7.83. The Kier molecular flexibility index (Phi) is 5.37. The molecule has 3 rings (SSSR count). The summed E-state index contributed by atoms with van der Waals surface area (Å²) in [7, 11) is 3.84. The summed E-state index contributed by atoms with van der Waals surface area (Å²) in [6, 6.07) is 0.467. The van der Waals surface area contributed by atoms with Gasteiger partial charge in [0.1, 0.15) is 0 Å². The fraction of sp³-hybridized carbons (Fsp3) is 0.789. The molecule has 2 fully saturated rings. The van der Waals surface area contributed by atoms with E-state index in [2.05, 4.69) is 41.5 Å². The Morgan fingerprint density at radius 2 is 2.08 bits per heavy atom. The monoisotopic (exact) mass is 347 g/mol. The van der Waals surface area contributed by atoms with Crippen LogP contribution in [-0.4, -0.2) is 41.5 Å². The summed E-state index contributed by atoms with van der Waals surface area (Å²) in [5.41, 5.74) is 3.85. The number of guanidine groups is 1. The predicted molar refractivity (Wildman–Crippen MR) is 101 cm³/mol. The maximum atomic E-state index is 6.01. The van der Waals surface area contributed by atoms with Crippen LogP contribution in [0.3, 0.4) is 0 Å². The van der Waals surface area contributed by atoms with Crippen molar-refractivity contribution in [2.45, 2.75) is 71.6 Å². The number of rotatable bonds is 5. The van der Waals surface area contributed by atoms with Crippen molar-refractivity contribution in [3.05, 3.63) is 17.0 Å². The Balaban J connectivity index is 1.61. The number of ether oxygens (including phenoxy) is 1. The largest absolute Gasteiger partial charge is 0.378 e. The lowest BCUT2D eigenvalue weighted by Crippen LogP contribution is -2.65. The van der Waals surface area contributed by atoms with Gasteiger partial charge in [-0.25, -0.2) is 0 Å². The second-order valence-electron chi connectivity index (χ2n) is 7.52. The van der Waals surface area contributed by atoms with Gasteiger partial charge in [-0.15, -0.1) is 0 Å². The van der Waals surface area contributed by atoms with Gasteiger partial charge in [0.2, 0.25) is 0 Å². The third-order valence-corrected chi connectivity index (χ3v) is 6.31. The van der Waals surface area contributed by atoms with Crippen LogP contribution in [0.2, 0.25) is 0 Å². The molecule has 2 saturated carbocycles. The number of hydrogen-bond acceptors (Lipinski definition) is 3. The van der Waals surface area contributed by atoms with Gasteiger partial charge in [-0.05, 0) is 40.0 Å². The molecule has 140 valence electrons. The van der Waals surface area contributed by atoms with Gasteiger partial charge in [0, 0.05) is 50.0 Å². The lowest BCUT2D eigenvalue weighted by Gasteiger charge is -2.54. The van der Waals surface area contributed by atoms with E-state index in [1.807, 2.05) is 18.8 Å². The molecule has 0 saturated heterocycles. The molecule has 1 spiro atoms. The van der Waals surface area contributed by atoms with Crippen LogP contribution in [-0.2, 0) is 18.3 Å². The summed E-state index contributed by atoms with van der Waals surface area (Å²) in [4.78, 5) is 4.44. The van der Waals surface area contributed by atoms with Crippen molar-refractivity contribution in [1.29, 1.82) is 0 Å². The fourth-order valence-electron chi connectivity index (χ4n) is 4.69. The highest BCUT2D eigenvalue weighted by atomic mass is 16.5. The lowest BCUT2D eigenvalue weighted by molar-refractivity contribution is -0.125. The third-order valence-electron chi connectivity index (χ3n) is 6.31. The maximum Gasteiger partial charge on any atom is 0.191 e. The summed E-state index contributed by atoms with van der Waals surface area (Å²) in [5, 5.41) is 11.6. The van der Waals surface area contributed by atoms with Crippen molar-refractivity contribution in [3.63, 3.8) is 0 Å². The van der Waals surface area contributed by atoms with Gasteiger partial charge in [-0.2, -0.15) is 5.10 Å². The van der Waals surface area contributed by atoms with Crippen molar-refractivity contribution in [2.24, 2.45) is 17.5 Å². The SMILES string of the molecule is CCOC1CC(NC(=NC)NCc2c(C)nn(C)c2C)C12CCCC2. The molecule has 1 heterocycles. The molecular weight excluding hydrogens is 314 g/mol. The number of hydrogen-bond donors (Lipinski definition) is 2. The van der Waals surface area contributed by atoms with Crippen LogP contribution in [0, 0.1) is 19.3 Å². The van der Waals surface area contributed by atoms with Crippen LogP contribution in [0.5, 0.6) is 0 Å². The fourth-order valence-corrected chi connectivity index (χ4v) is 4.69. The zero-order chi connectivity index (χ0) is 18.0. The normalized spacial score (nSPS) is 25.2. The zero-order valence-electron chi connectivity index (χ0n) is 16.4. The quantitative estimate of drug-likeness (QED) is 0.634. The summed E-state index contributed by atoms with van der Waals surface area (Å²) in [5.74, 6) is 0.883. The van der Waals surface area contributed by atoms with Gasteiger partial charge >= 0.3 is 0 Å². The number of aryl methyl sites for hydroxylation is 2. The van der Waals surface area contributed by atoms with E-state index >= 15 is 0 Å². The molecule has 2 aliphatic carbocycles. The molecule has 1 aromatic rings. The molecule has 1 aromatic heterocycles. The second-order valence-corrected chi connectivity index (χ2v) is 7.52. The van der Waals surface area contributed by atoms with E-state index < -0.39 is 0 Å². The average Bonchev–Trinajstić information content (AvgIpc) is 3.19. The van der Waals surface area contributed by atoms with Crippen LogP contribution in [0.4, 0.5) is 0 Å². The second kappa shape index (κ2) is 7.36. The third kappa shape index (κ3) is 3.28. The Labute approximate surface area is 151 Å². The standard InChI is InChI=1S/C19H33N5O/c1-6-25-17-11-16(19(17)9-7-8-10-19)22-18(20-4)21-12-15-13(2)23-24(5)14(15)3/h16-17H,6-12H2,1-5H3,(H2,20,21,22). The van der Waals surface area contributed by atoms with Crippen molar-refractivity contribution in [2.75, 3.05) is 13.7 Å². The zero-order valence-corrected chi connectivity index (χ0v) is 16.4. The van der Waals surface area contributed by atoms with Crippen LogP contribution >= 0.6 is 0 Å². The first-order valence-electron chi connectivity index (χ1n) is 9.59. The Bertz CT molecular complexity index is 630. The van der Waals surface area contributed by atoms with Crippen LogP contribution in [0.25, 0.3) is 0 Å². The minimum absolute atomic E-state index is 0.313. The molecule has 2 aliphatic rings. The van der Waals surface area contributed by atoms with Crippen LogP contribution in [0.1, 0.15) is 56.0 Å². The van der Waals surface area contributed by atoms with Crippen LogP contribution < -0.4 is 10.6 Å². The van der Waals surface area contributed by atoms with Crippen molar-refractivity contribution >= 4 is 5.96 Å². The minimum atomic E-state index is 0.313. The average molecular weight is 348 g/mol. The van der Waals surface area contributed by atoms with Crippen LogP contribution in [0.15, 0.2) is 4.99 Å². The first-order chi connectivity index (χ1) is 12.0. The summed E-state index contributed by atoms with van der Waals surface area (Å²) in [6.07, 6.45) is 6.68. The first kappa shape index (κ1) is 18.2. The molecule has 6 nitrogen and oxygen atoms in total. The summed E-state index contributed by atoms with van der Waals surface area (Å²) < 4.78 is 7.95. The highest BCUT2D eigenvalue weighted by Gasteiger charge is 2.56. The number of aliphatic imine (C=N–C) groups is 1. The number of aromatic nitrogens is 2. The van der Waals surface area contributed by atoms with Gasteiger partial charge in [0.25, 0.3) is 0 Å². The van der Waals surface area contributed by atoms with Gasteiger partial charge in [0.05, 0.1) is 11.8 Å². The predicted octanol–water partition coefficient (Wildman–Crippen LogP) is 2.44. The van der Waals surface area contributed by atoms with E-state index in [1.54, 1.807) is 0 Å². The minimum Gasteiger partial charge on any atom is -0.378 e. The molecule has 6 heteroatoms. The number of nitrogens with zero attached hydrogens (tertiary/aromatic N) is 3. The molecule has 2 unspecified atom stereocenters. The first-order valence-corrected chi connectivity index (χ1v) is 9.59. The summed E-state index contributed by atoms with van der Waals surface area (Å²) >= 11 is 0. The maximum absolute atomic E-state index is 6.01. The molecule has 0 radical (unpaired) electrons. The van der Waals surface area contributed by atoms with E-state index in [1.165, 1.54) is 36.9 Å². The Morgan fingerprint density at radius 1 is 1.36 bits per heavy atom. The van der Waals surface area contributed by atoms with E-state index in [9.17, 15) is 0 Å². The molecule has 0 aliphatic heterocycles. The van der Waals surface area contributed by atoms with E-state index in [-0.39, 0.29) is 0 Å². The van der Waals surface area contributed by atoms with Crippen molar-refractivity contribution < 1.29 is 4.74 Å². The smallest absolute Gasteiger partial charge is 0.191 e. The van der Waals surface area contributed by atoms with Crippen molar-refractivity contribution in [1.82, 2.24) is 20.4 Å². The Hall–Kier alpha value is -1.56. The van der Waals surface area contributed by atoms with E-state index in [4.69, 9.17) is 4.74 Å². The molecule has 2 atom stereocenters. The van der Waals surface area contributed by atoms with E-state index in [0.29, 0.717) is 17.6 Å². The van der Waals surface area contributed by atoms with Crippen molar-refractivity contribution in [3.8, 4) is 0 Å². The molecule has 0 bridgehead atoms. The van der Waals surface area contributed by atoms with Gasteiger partial charge < -0.3 is 15.4 Å². The van der Waals surface area contributed by atoms with E-state index in [0.717, 1.165) is 31.2 Å². The van der Waals surface area contributed by atoms with Gasteiger partial charge in [-0.3, -0.25) is 9.67 Å². The number of nitrogens with one attached hydrogen (secondary N) is 2. The topological polar surface area (TPSA) is 63.5 Å². The molecule has 25 heavy (non-hydrogen) atoms. The molecule has 0 aromatic carbocycles. The molecule has 2 N–H and O–H groups in total. The molecular formula is C19H33N5O.